The van der Waals surface area contributed by atoms with Gasteiger partial charge in [0.25, 0.3) is 0 Å². The summed E-state index contributed by atoms with van der Waals surface area (Å²) >= 11 is 0. The lowest BCUT2D eigenvalue weighted by molar-refractivity contribution is -0.122. The highest BCUT2D eigenvalue weighted by Gasteiger charge is 2.28. The molecule has 0 aliphatic heterocycles. The van der Waals surface area contributed by atoms with Crippen LogP contribution in [0.15, 0.2) is 12.4 Å². The van der Waals surface area contributed by atoms with Crippen molar-refractivity contribution in [3.63, 3.8) is 0 Å². The standard InChI is InChI=1S/C11H16N4O2/c1-17-10-6-9(14-7-15-10)12-4-5-13-11(16)8-2-3-8/h6-8H,2-5H2,1H3,(H,13,16)(H,12,14,15). The number of carbonyl (C=O) groups excluding carboxylic acids is 1. The maximum atomic E-state index is 11.3. The summed E-state index contributed by atoms with van der Waals surface area (Å²) in [5.74, 6) is 1.63. The number of methoxy groups -OCH3 is 1. The Balaban J connectivity index is 1.68. The lowest BCUT2D eigenvalue weighted by atomic mass is 10.4. The van der Waals surface area contributed by atoms with Gasteiger partial charge in [0.15, 0.2) is 0 Å². The van der Waals surface area contributed by atoms with Crippen LogP contribution in [0.5, 0.6) is 5.88 Å². The SMILES string of the molecule is COc1cc(NCCNC(=O)C2CC2)ncn1. The van der Waals surface area contributed by atoms with E-state index in [0.29, 0.717) is 24.8 Å². The van der Waals surface area contributed by atoms with Crippen molar-refractivity contribution in [2.24, 2.45) is 5.92 Å². The number of amides is 1. The number of anilines is 1. The van der Waals surface area contributed by atoms with Gasteiger partial charge in [0, 0.05) is 25.1 Å². The predicted molar refractivity (Wildman–Crippen MR) is 62.8 cm³/mol. The second-order valence-corrected chi connectivity index (χ2v) is 3.94. The molecule has 0 saturated heterocycles. The maximum Gasteiger partial charge on any atom is 0.223 e. The van der Waals surface area contributed by atoms with Gasteiger partial charge in [0.1, 0.15) is 12.1 Å². The minimum absolute atomic E-state index is 0.159. The van der Waals surface area contributed by atoms with E-state index in [2.05, 4.69) is 20.6 Å². The summed E-state index contributed by atoms with van der Waals surface area (Å²) in [6, 6.07) is 1.71. The van der Waals surface area contributed by atoms with Crippen LogP contribution in [-0.4, -0.2) is 36.1 Å². The second kappa shape index (κ2) is 5.47. The number of nitrogens with zero attached hydrogens (tertiary/aromatic N) is 2. The van der Waals surface area contributed by atoms with Crippen LogP contribution in [0.4, 0.5) is 5.82 Å². The van der Waals surface area contributed by atoms with Crippen LogP contribution < -0.4 is 15.4 Å². The highest BCUT2D eigenvalue weighted by atomic mass is 16.5. The van der Waals surface area contributed by atoms with Crippen LogP contribution in [-0.2, 0) is 4.79 Å². The monoisotopic (exact) mass is 236 g/mol. The second-order valence-electron chi connectivity index (χ2n) is 3.94. The van der Waals surface area contributed by atoms with Crippen molar-refractivity contribution in [3.8, 4) is 5.88 Å². The number of carbonyl (C=O) groups is 1. The lowest BCUT2D eigenvalue weighted by Crippen LogP contribution is -2.29. The largest absolute Gasteiger partial charge is 0.481 e. The van der Waals surface area contributed by atoms with Crippen molar-refractivity contribution in [2.45, 2.75) is 12.8 Å². The van der Waals surface area contributed by atoms with Crippen molar-refractivity contribution < 1.29 is 9.53 Å². The summed E-state index contributed by atoms with van der Waals surface area (Å²) in [4.78, 5) is 19.3. The van der Waals surface area contributed by atoms with Gasteiger partial charge in [0.05, 0.1) is 7.11 Å². The van der Waals surface area contributed by atoms with E-state index in [-0.39, 0.29) is 11.8 Å². The van der Waals surface area contributed by atoms with Gasteiger partial charge in [-0.2, -0.15) is 0 Å². The Morgan fingerprint density at radius 2 is 2.29 bits per heavy atom. The molecule has 1 fully saturated rings. The quantitative estimate of drug-likeness (QED) is 0.700. The van der Waals surface area contributed by atoms with Crippen molar-refractivity contribution >= 4 is 11.7 Å². The average Bonchev–Trinajstić information content (AvgIpc) is 3.19. The highest BCUT2D eigenvalue weighted by molar-refractivity contribution is 5.80. The van der Waals surface area contributed by atoms with Gasteiger partial charge in [-0.05, 0) is 12.8 Å². The summed E-state index contributed by atoms with van der Waals surface area (Å²) in [6.45, 7) is 1.24. The third-order valence-electron chi connectivity index (χ3n) is 2.53. The summed E-state index contributed by atoms with van der Waals surface area (Å²) in [5.41, 5.74) is 0. The number of rotatable bonds is 6. The minimum Gasteiger partial charge on any atom is -0.481 e. The number of nitrogens with one attached hydrogen (secondary N) is 2. The molecule has 0 aromatic carbocycles. The van der Waals surface area contributed by atoms with E-state index in [1.165, 1.54) is 6.33 Å². The molecule has 6 nitrogen and oxygen atoms in total. The van der Waals surface area contributed by atoms with E-state index in [4.69, 9.17) is 4.74 Å². The zero-order valence-corrected chi connectivity index (χ0v) is 9.77. The number of aromatic nitrogens is 2. The molecule has 17 heavy (non-hydrogen) atoms. The van der Waals surface area contributed by atoms with Crippen molar-refractivity contribution in [1.82, 2.24) is 15.3 Å². The van der Waals surface area contributed by atoms with Crippen molar-refractivity contribution in [2.75, 3.05) is 25.5 Å². The highest BCUT2D eigenvalue weighted by Crippen LogP contribution is 2.28. The Kier molecular flexibility index (Phi) is 3.74. The number of hydrogen-bond acceptors (Lipinski definition) is 5. The van der Waals surface area contributed by atoms with Gasteiger partial charge in [-0.25, -0.2) is 9.97 Å². The fraction of sp³-hybridized carbons (Fsp3) is 0.545. The van der Waals surface area contributed by atoms with E-state index in [1.54, 1.807) is 13.2 Å². The maximum absolute atomic E-state index is 11.3. The number of hydrogen-bond donors (Lipinski definition) is 2. The molecule has 0 atom stereocenters. The minimum atomic E-state index is 0.159. The van der Waals surface area contributed by atoms with Gasteiger partial charge < -0.3 is 15.4 Å². The predicted octanol–water partition coefficient (Wildman–Crippen LogP) is 0.423. The molecule has 2 rings (SSSR count). The third kappa shape index (κ3) is 3.58. The molecule has 1 aromatic rings. The first-order valence-corrected chi connectivity index (χ1v) is 5.67. The molecule has 1 heterocycles. The molecule has 1 aromatic heterocycles. The summed E-state index contributed by atoms with van der Waals surface area (Å²) in [7, 11) is 1.56. The molecule has 0 bridgehead atoms. The van der Waals surface area contributed by atoms with Crippen LogP contribution in [0.25, 0.3) is 0 Å². The van der Waals surface area contributed by atoms with Crippen molar-refractivity contribution in [1.29, 1.82) is 0 Å². The fourth-order valence-corrected chi connectivity index (χ4v) is 1.41. The van der Waals surface area contributed by atoms with Crippen LogP contribution in [0, 0.1) is 5.92 Å². The van der Waals surface area contributed by atoms with Gasteiger partial charge >= 0.3 is 0 Å². The smallest absolute Gasteiger partial charge is 0.223 e. The molecule has 0 spiro atoms. The molecular weight excluding hydrogens is 220 g/mol. The lowest BCUT2D eigenvalue weighted by Gasteiger charge is -2.07. The van der Waals surface area contributed by atoms with E-state index in [0.717, 1.165) is 12.8 Å². The Bertz CT molecular complexity index is 393. The topological polar surface area (TPSA) is 76.1 Å². The molecular formula is C11H16N4O2. The normalized spacial score (nSPS) is 14.2. The Morgan fingerprint density at radius 1 is 1.47 bits per heavy atom. The molecule has 6 heteroatoms. The summed E-state index contributed by atoms with van der Waals surface area (Å²) in [5, 5.41) is 5.96. The van der Waals surface area contributed by atoms with Crippen LogP contribution in [0.1, 0.15) is 12.8 Å². The molecule has 2 N–H and O–H groups in total. The molecule has 1 saturated carbocycles. The first-order valence-electron chi connectivity index (χ1n) is 5.67. The molecule has 92 valence electrons. The van der Waals surface area contributed by atoms with Crippen LogP contribution in [0.2, 0.25) is 0 Å². The van der Waals surface area contributed by atoms with Gasteiger partial charge in [0.2, 0.25) is 11.8 Å². The number of ether oxygens (including phenoxy) is 1. The fourth-order valence-electron chi connectivity index (χ4n) is 1.41. The zero-order valence-electron chi connectivity index (χ0n) is 9.77. The molecule has 1 aliphatic carbocycles. The Morgan fingerprint density at radius 3 is 3.00 bits per heavy atom. The summed E-state index contributed by atoms with van der Waals surface area (Å²) < 4.78 is 4.98. The average molecular weight is 236 g/mol. The molecule has 0 unspecified atom stereocenters. The van der Waals surface area contributed by atoms with E-state index < -0.39 is 0 Å². The first kappa shape index (κ1) is 11.6. The van der Waals surface area contributed by atoms with E-state index in [9.17, 15) is 4.79 Å². The third-order valence-corrected chi connectivity index (χ3v) is 2.53. The van der Waals surface area contributed by atoms with Crippen molar-refractivity contribution in [3.05, 3.63) is 12.4 Å². The zero-order chi connectivity index (χ0) is 12.1. The first-order chi connectivity index (χ1) is 8.29. The van der Waals surface area contributed by atoms with Gasteiger partial charge in [-0.15, -0.1) is 0 Å². The van der Waals surface area contributed by atoms with E-state index in [1.807, 2.05) is 0 Å². The van der Waals surface area contributed by atoms with E-state index >= 15 is 0 Å². The van der Waals surface area contributed by atoms with Gasteiger partial charge in [-0.3, -0.25) is 4.79 Å². The molecule has 0 radical (unpaired) electrons. The molecule has 1 amide bonds. The summed E-state index contributed by atoms with van der Waals surface area (Å²) in [6.07, 6.45) is 3.49. The van der Waals surface area contributed by atoms with Crippen LogP contribution >= 0.6 is 0 Å². The molecule has 1 aliphatic rings. The van der Waals surface area contributed by atoms with Crippen LogP contribution in [0.3, 0.4) is 0 Å². The Labute approximate surface area is 99.8 Å². The van der Waals surface area contributed by atoms with Gasteiger partial charge in [-0.1, -0.05) is 0 Å². The Hall–Kier alpha value is -1.85.